The van der Waals surface area contributed by atoms with Gasteiger partial charge in [-0.2, -0.15) is 4.31 Å². The highest BCUT2D eigenvalue weighted by Crippen LogP contribution is 2.26. The lowest BCUT2D eigenvalue weighted by molar-refractivity contribution is -0.120. The van der Waals surface area contributed by atoms with Gasteiger partial charge in [0.05, 0.1) is 12.7 Å². The predicted octanol–water partition coefficient (Wildman–Crippen LogP) is 2.65. The van der Waals surface area contributed by atoms with Gasteiger partial charge in [0.15, 0.2) is 0 Å². The van der Waals surface area contributed by atoms with E-state index in [2.05, 4.69) is 10.1 Å². The van der Waals surface area contributed by atoms with Gasteiger partial charge in [0.25, 0.3) is 0 Å². The summed E-state index contributed by atoms with van der Waals surface area (Å²) < 4.78 is 45.0. The van der Waals surface area contributed by atoms with Crippen molar-refractivity contribution < 1.29 is 27.1 Å². The van der Waals surface area contributed by atoms with Crippen molar-refractivity contribution in [2.24, 2.45) is 5.92 Å². The van der Waals surface area contributed by atoms with Crippen molar-refractivity contribution in [3.8, 4) is 0 Å². The predicted molar refractivity (Wildman–Crippen MR) is 104 cm³/mol. The number of carbonyl (C=O) groups is 2. The second kappa shape index (κ2) is 8.71. The zero-order valence-corrected chi connectivity index (χ0v) is 16.6. The quantitative estimate of drug-likeness (QED) is 0.751. The van der Waals surface area contributed by atoms with Gasteiger partial charge in [-0.1, -0.05) is 12.1 Å². The van der Waals surface area contributed by atoms with Crippen LogP contribution in [0.3, 0.4) is 0 Å². The molecule has 29 heavy (non-hydrogen) atoms. The molecule has 2 aromatic rings. The highest BCUT2D eigenvalue weighted by Gasteiger charge is 2.33. The van der Waals surface area contributed by atoms with Gasteiger partial charge >= 0.3 is 5.97 Å². The smallest absolute Gasteiger partial charge is 0.337 e. The molecule has 0 atom stereocenters. The van der Waals surface area contributed by atoms with E-state index in [0.29, 0.717) is 24.1 Å². The number of amides is 1. The van der Waals surface area contributed by atoms with Crippen LogP contribution in [0.4, 0.5) is 10.1 Å². The highest BCUT2D eigenvalue weighted by atomic mass is 32.2. The fraction of sp³-hybridized carbons (Fsp3) is 0.300. The Hall–Kier alpha value is -2.78. The fourth-order valence-corrected chi connectivity index (χ4v) is 4.74. The summed E-state index contributed by atoms with van der Waals surface area (Å²) in [7, 11) is -2.64. The van der Waals surface area contributed by atoms with Crippen LogP contribution in [0.15, 0.2) is 53.4 Å². The Labute approximate surface area is 168 Å². The first-order chi connectivity index (χ1) is 13.8. The Morgan fingerprint density at radius 1 is 1.07 bits per heavy atom. The van der Waals surface area contributed by atoms with Crippen LogP contribution in [0, 0.1) is 11.7 Å². The van der Waals surface area contributed by atoms with E-state index < -0.39 is 21.8 Å². The minimum absolute atomic E-state index is 0.135. The number of benzene rings is 2. The molecule has 154 valence electrons. The summed E-state index contributed by atoms with van der Waals surface area (Å²) in [5.74, 6) is -1.84. The molecular weight excluding hydrogens is 399 g/mol. The summed E-state index contributed by atoms with van der Waals surface area (Å²) in [6.45, 7) is 0.270. The molecule has 1 aliphatic rings. The van der Waals surface area contributed by atoms with E-state index in [1.165, 1.54) is 29.6 Å². The molecule has 7 nitrogen and oxygen atoms in total. The third-order valence-corrected chi connectivity index (χ3v) is 6.78. The van der Waals surface area contributed by atoms with Crippen LogP contribution in [0.1, 0.15) is 23.2 Å². The Kier molecular flexibility index (Phi) is 6.29. The van der Waals surface area contributed by atoms with Gasteiger partial charge in [-0.05, 0) is 49.2 Å². The molecular formula is C20H21FN2O5S. The van der Waals surface area contributed by atoms with Crippen LogP contribution < -0.4 is 5.32 Å². The first-order valence-corrected chi connectivity index (χ1v) is 10.5. The molecule has 0 radical (unpaired) electrons. The van der Waals surface area contributed by atoms with Crippen LogP contribution in [0.2, 0.25) is 0 Å². The number of anilines is 1. The number of piperidine rings is 1. The SMILES string of the molecule is COC(=O)c1ccc(NC(=O)C2CCN(S(=O)(=O)c3ccccc3F)CC2)cc1. The van der Waals surface area contributed by atoms with Crippen molar-refractivity contribution in [3.05, 3.63) is 59.9 Å². The van der Waals surface area contributed by atoms with Crippen molar-refractivity contribution >= 4 is 27.6 Å². The van der Waals surface area contributed by atoms with Crippen molar-refractivity contribution in [2.45, 2.75) is 17.7 Å². The van der Waals surface area contributed by atoms with Crippen LogP contribution in [0.25, 0.3) is 0 Å². The number of rotatable bonds is 5. The Balaban J connectivity index is 1.60. The summed E-state index contributed by atoms with van der Waals surface area (Å²) >= 11 is 0. The van der Waals surface area contributed by atoms with Gasteiger partial charge < -0.3 is 10.1 Å². The number of sulfonamides is 1. The lowest BCUT2D eigenvalue weighted by Gasteiger charge is -2.30. The molecule has 0 spiro atoms. The van der Waals surface area contributed by atoms with Crippen LogP contribution in [0.5, 0.6) is 0 Å². The van der Waals surface area contributed by atoms with Crippen LogP contribution >= 0.6 is 0 Å². The Morgan fingerprint density at radius 2 is 1.69 bits per heavy atom. The third kappa shape index (κ3) is 4.63. The molecule has 2 aromatic carbocycles. The minimum Gasteiger partial charge on any atom is -0.465 e. The number of ether oxygens (including phenoxy) is 1. The number of nitrogens with one attached hydrogen (secondary N) is 1. The van der Waals surface area contributed by atoms with Crippen molar-refractivity contribution in [2.75, 3.05) is 25.5 Å². The van der Waals surface area contributed by atoms with Crippen molar-refractivity contribution in [3.63, 3.8) is 0 Å². The fourth-order valence-electron chi connectivity index (χ4n) is 3.20. The molecule has 1 heterocycles. The third-order valence-electron chi connectivity index (χ3n) is 4.85. The zero-order valence-electron chi connectivity index (χ0n) is 15.8. The van der Waals surface area contributed by atoms with Gasteiger partial charge in [-0.3, -0.25) is 4.79 Å². The van der Waals surface area contributed by atoms with E-state index in [1.807, 2.05) is 0 Å². The molecule has 0 bridgehead atoms. The number of nitrogens with zero attached hydrogens (tertiary/aromatic N) is 1. The van der Waals surface area contributed by atoms with Crippen LogP contribution in [-0.4, -0.2) is 44.8 Å². The minimum atomic E-state index is -3.93. The average Bonchev–Trinajstić information content (AvgIpc) is 2.74. The number of esters is 1. The van der Waals surface area contributed by atoms with Gasteiger partial charge in [-0.25, -0.2) is 17.6 Å². The van der Waals surface area contributed by atoms with Gasteiger partial charge in [0.1, 0.15) is 10.7 Å². The maximum Gasteiger partial charge on any atom is 0.337 e. The van der Waals surface area contributed by atoms with Crippen molar-refractivity contribution in [1.82, 2.24) is 4.31 Å². The molecule has 1 amide bonds. The lowest BCUT2D eigenvalue weighted by atomic mass is 9.97. The number of halogens is 1. The van der Waals surface area contributed by atoms with Gasteiger partial charge in [-0.15, -0.1) is 0 Å². The highest BCUT2D eigenvalue weighted by molar-refractivity contribution is 7.89. The van der Waals surface area contributed by atoms with E-state index in [1.54, 1.807) is 24.3 Å². The molecule has 1 N–H and O–H groups in total. The summed E-state index contributed by atoms with van der Waals surface area (Å²) in [4.78, 5) is 23.6. The normalized spacial score (nSPS) is 15.7. The first kappa shape index (κ1) is 20.9. The average molecular weight is 420 g/mol. The largest absolute Gasteiger partial charge is 0.465 e. The Morgan fingerprint density at radius 3 is 2.28 bits per heavy atom. The summed E-state index contributed by atoms with van der Waals surface area (Å²) in [6, 6.07) is 11.5. The number of carbonyl (C=O) groups excluding carboxylic acids is 2. The monoisotopic (exact) mass is 420 g/mol. The summed E-state index contributed by atoms with van der Waals surface area (Å²) in [5.41, 5.74) is 0.904. The van der Waals surface area contributed by atoms with Gasteiger partial charge in [0.2, 0.25) is 15.9 Å². The first-order valence-electron chi connectivity index (χ1n) is 9.07. The van der Waals surface area contributed by atoms with E-state index in [0.717, 1.165) is 6.07 Å². The van der Waals surface area contributed by atoms with Gasteiger partial charge in [0, 0.05) is 24.7 Å². The zero-order chi connectivity index (χ0) is 21.0. The van der Waals surface area contributed by atoms with E-state index >= 15 is 0 Å². The molecule has 0 aromatic heterocycles. The van der Waals surface area contributed by atoms with E-state index in [9.17, 15) is 22.4 Å². The van der Waals surface area contributed by atoms with Crippen molar-refractivity contribution in [1.29, 1.82) is 0 Å². The number of hydrogen-bond acceptors (Lipinski definition) is 5. The maximum atomic E-state index is 13.9. The molecule has 9 heteroatoms. The second-order valence-corrected chi connectivity index (χ2v) is 8.57. The standard InChI is InChI=1S/C20H21FN2O5S/c1-28-20(25)15-6-8-16(9-7-15)22-19(24)14-10-12-23(13-11-14)29(26,27)18-5-3-2-4-17(18)21/h2-9,14H,10-13H2,1H3,(H,22,24). The van der Waals surface area contributed by atoms with Crippen LogP contribution in [-0.2, 0) is 19.6 Å². The second-order valence-electron chi connectivity index (χ2n) is 6.67. The molecule has 1 saturated heterocycles. The molecule has 0 saturated carbocycles. The maximum absolute atomic E-state index is 13.9. The van der Waals surface area contributed by atoms with E-state index in [-0.39, 0.29) is 29.8 Å². The lowest BCUT2D eigenvalue weighted by Crippen LogP contribution is -2.41. The molecule has 0 aliphatic carbocycles. The molecule has 0 unspecified atom stereocenters. The summed E-state index contributed by atoms with van der Waals surface area (Å²) in [5, 5.41) is 2.77. The molecule has 1 aliphatic heterocycles. The molecule has 1 fully saturated rings. The molecule has 3 rings (SSSR count). The van der Waals surface area contributed by atoms with E-state index in [4.69, 9.17) is 0 Å². The number of methoxy groups -OCH3 is 1. The topological polar surface area (TPSA) is 92.8 Å². The Bertz CT molecular complexity index is 1000. The summed E-state index contributed by atoms with van der Waals surface area (Å²) in [6.07, 6.45) is 0.666. The number of hydrogen-bond donors (Lipinski definition) is 1.